The van der Waals surface area contributed by atoms with Crippen LogP contribution in [0.15, 0.2) is 83.3 Å². The number of fused-ring (bicyclic) bond motifs is 1. The van der Waals surface area contributed by atoms with Gasteiger partial charge in [-0.25, -0.2) is 14.4 Å². The summed E-state index contributed by atoms with van der Waals surface area (Å²) in [4.78, 5) is 71.7. The highest BCUT2D eigenvalue weighted by Gasteiger charge is 2.56. The van der Waals surface area contributed by atoms with E-state index in [-0.39, 0.29) is 18.0 Å². The molecule has 12 nitrogen and oxygen atoms in total. The van der Waals surface area contributed by atoms with Crippen molar-refractivity contribution in [2.75, 3.05) is 26.2 Å². The van der Waals surface area contributed by atoms with Crippen LogP contribution >= 0.6 is 11.8 Å². The van der Waals surface area contributed by atoms with E-state index in [0.29, 0.717) is 56.6 Å². The summed E-state index contributed by atoms with van der Waals surface area (Å²) >= 11 is 1.29. The molecule has 1 N–H and O–H groups in total. The highest BCUT2D eigenvalue weighted by Crippen LogP contribution is 2.42. The molecule has 2 aromatic carbocycles. The zero-order valence-corrected chi connectivity index (χ0v) is 30.1. The van der Waals surface area contributed by atoms with E-state index in [4.69, 9.17) is 14.2 Å². The monoisotopic (exact) mass is 716 g/mol. The van der Waals surface area contributed by atoms with E-state index < -0.39 is 47.1 Å². The first-order chi connectivity index (χ1) is 24.4. The number of thioether (sulfide) groups is 1. The van der Waals surface area contributed by atoms with Crippen LogP contribution in [-0.4, -0.2) is 100 Å². The Labute approximate surface area is 302 Å². The fourth-order valence-electron chi connectivity index (χ4n) is 6.87. The van der Waals surface area contributed by atoms with Crippen molar-refractivity contribution in [3.8, 4) is 0 Å². The minimum atomic E-state index is -1.16. The lowest BCUT2D eigenvalue weighted by Crippen LogP contribution is -2.74. The number of alkyl carbamates (subject to hydrolysis) is 1. The molecule has 4 amide bonds. The Morgan fingerprint density at radius 3 is 2.18 bits per heavy atom. The molecule has 0 spiro atoms. The summed E-state index contributed by atoms with van der Waals surface area (Å²) in [6.45, 7) is 8.81. The van der Waals surface area contributed by atoms with Crippen molar-refractivity contribution in [3.05, 3.63) is 94.4 Å². The second kappa shape index (κ2) is 15.2. The van der Waals surface area contributed by atoms with Crippen molar-refractivity contribution in [2.45, 2.75) is 82.2 Å². The van der Waals surface area contributed by atoms with Gasteiger partial charge in [0.2, 0.25) is 11.8 Å². The van der Waals surface area contributed by atoms with Gasteiger partial charge in [0.05, 0.1) is 6.61 Å². The number of hydrogen-bond acceptors (Lipinski definition) is 9. The van der Waals surface area contributed by atoms with Crippen molar-refractivity contribution in [3.63, 3.8) is 0 Å². The van der Waals surface area contributed by atoms with Crippen LogP contribution in [0.3, 0.4) is 0 Å². The molecule has 0 radical (unpaired) electrons. The predicted molar refractivity (Wildman–Crippen MR) is 190 cm³/mol. The Kier molecular flexibility index (Phi) is 10.8. The Bertz CT molecular complexity index is 1660. The van der Waals surface area contributed by atoms with Crippen LogP contribution in [0.2, 0.25) is 0 Å². The van der Waals surface area contributed by atoms with Gasteiger partial charge >= 0.3 is 18.2 Å². The number of β-lactam (4-membered cyclic amide) rings is 1. The maximum absolute atomic E-state index is 14.4. The lowest BCUT2D eigenvalue weighted by Gasteiger charge is -2.51. The number of piperidine rings is 1. The fraction of sp³-hybridized carbons (Fsp3) is 0.447. The fourth-order valence-corrected chi connectivity index (χ4v) is 8.06. The van der Waals surface area contributed by atoms with Gasteiger partial charge in [-0.15, -0.1) is 11.8 Å². The van der Waals surface area contributed by atoms with Crippen LogP contribution in [0, 0.1) is 0 Å². The standard InChI is InChI=1S/C38H44N4O8S/c1-5-48-37(47)40-19-17-28(18-20-40)41-21-16-26(32(41)43)22-27-23-51-34-29(39-36(46)50-38(2,3)4)33(44)42(34)30(27)35(45)49-31(24-12-8-6-9-13-24)25-14-10-7-11-15-25/h6-15,22-23,28-31,34H,5,16-21H2,1-4H3,(H,39,46)/b26-22+/t29-,30-,34-/m1/s1. The number of carbonyl (C=O) groups excluding carboxylic acids is 5. The van der Waals surface area contributed by atoms with Gasteiger partial charge in [-0.2, -0.15) is 0 Å². The minimum absolute atomic E-state index is 0.0249. The summed E-state index contributed by atoms with van der Waals surface area (Å²) in [6.07, 6.45) is 1.65. The molecule has 3 saturated heterocycles. The molecule has 13 heteroatoms. The number of hydrogen-bond donors (Lipinski definition) is 1. The van der Waals surface area contributed by atoms with Gasteiger partial charge in [0, 0.05) is 31.2 Å². The summed E-state index contributed by atoms with van der Waals surface area (Å²) < 4.78 is 16.8. The second-order valence-electron chi connectivity index (χ2n) is 13.9. The predicted octanol–water partition coefficient (Wildman–Crippen LogP) is 5.16. The zero-order valence-electron chi connectivity index (χ0n) is 29.3. The van der Waals surface area contributed by atoms with E-state index in [2.05, 4.69) is 5.32 Å². The molecule has 3 fully saturated rings. The molecule has 0 aliphatic carbocycles. The SMILES string of the molecule is CCOC(=O)N1CCC(N2CC/C(=C\C3=CS[C@@H]4[C@H](NC(=O)OC(C)(C)C)C(=O)N4[C@H]3C(=O)OC(c3ccccc3)c3ccccc3)C2=O)CC1. The quantitative estimate of drug-likeness (QED) is 0.170. The summed E-state index contributed by atoms with van der Waals surface area (Å²) in [5, 5.41) is 3.86. The molecule has 51 heavy (non-hydrogen) atoms. The normalized spacial score (nSPS) is 23.1. The molecule has 3 atom stereocenters. The number of amides is 4. The topological polar surface area (TPSA) is 135 Å². The summed E-state index contributed by atoms with van der Waals surface area (Å²) in [5.41, 5.74) is 1.76. The molecule has 270 valence electrons. The van der Waals surface area contributed by atoms with E-state index in [1.54, 1.807) is 44.1 Å². The molecule has 2 aromatic rings. The second-order valence-corrected chi connectivity index (χ2v) is 14.9. The summed E-state index contributed by atoms with van der Waals surface area (Å²) in [5.74, 6) is -1.23. The number of rotatable bonds is 8. The van der Waals surface area contributed by atoms with E-state index in [1.165, 1.54) is 16.7 Å². The molecular weight excluding hydrogens is 673 g/mol. The number of esters is 1. The summed E-state index contributed by atoms with van der Waals surface area (Å²) in [7, 11) is 0. The Balaban J connectivity index is 1.25. The van der Waals surface area contributed by atoms with E-state index in [1.807, 2.05) is 65.6 Å². The van der Waals surface area contributed by atoms with Gasteiger partial charge < -0.3 is 34.2 Å². The van der Waals surface area contributed by atoms with Crippen LogP contribution < -0.4 is 5.32 Å². The number of carbonyl (C=O) groups is 5. The van der Waals surface area contributed by atoms with E-state index >= 15 is 0 Å². The first-order valence-corrected chi connectivity index (χ1v) is 18.3. The van der Waals surface area contributed by atoms with Crippen molar-refractivity contribution >= 4 is 41.7 Å². The Morgan fingerprint density at radius 1 is 0.961 bits per heavy atom. The van der Waals surface area contributed by atoms with Crippen LogP contribution in [0.25, 0.3) is 0 Å². The van der Waals surface area contributed by atoms with Gasteiger partial charge in [-0.3, -0.25) is 9.59 Å². The number of nitrogens with one attached hydrogen (secondary N) is 1. The van der Waals surface area contributed by atoms with Crippen molar-refractivity contribution in [1.82, 2.24) is 20.0 Å². The minimum Gasteiger partial charge on any atom is -0.451 e. The zero-order chi connectivity index (χ0) is 36.3. The third kappa shape index (κ3) is 7.93. The average Bonchev–Trinajstić information content (AvgIpc) is 3.48. The molecular formula is C38H44N4O8S. The molecule has 0 unspecified atom stereocenters. The molecule has 0 bridgehead atoms. The first-order valence-electron chi connectivity index (χ1n) is 17.4. The Morgan fingerprint density at radius 2 is 1.59 bits per heavy atom. The van der Waals surface area contributed by atoms with Crippen molar-refractivity contribution in [1.29, 1.82) is 0 Å². The number of benzene rings is 2. The largest absolute Gasteiger partial charge is 0.451 e. The van der Waals surface area contributed by atoms with Crippen LogP contribution in [0.5, 0.6) is 0 Å². The van der Waals surface area contributed by atoms with Gasteiger partial charge in [0.1, 0.15) is 17.0 Å². The smallest absolute Gasteiger partial charge is 0.409 e. The van der Waals surface area contributed by atoms with Gasteiger partial charge in [-0.1, -0.05) is 60.7 Å². The number of ether oxygens (including phenoxy) is 3. The molecule has 4 aliphatic rings. The van der Waals surface area contributed by atoms with Crippen LogP contribution in [0.4, 0.5) is 9.59 Å². The highest BCUT2D eigenvalue weighted by atomic mass is 32.2. The maximum atomic E-state index is 14.4. The lowest BCUT2D eigenvalue weighted by molar-refractivity contribution is -0.164. The molecule has 0 saturated carbocycles. The van der Waals surface area contributed by atoms with Crippen molar-refractivity contribution < 1.29 is 38.2 Å². The lowest BCUT2D eigenvalue weighted by atomic mass is 9.95. The third-order valence-corrected chi connectivity index (χ3v) is 10.5. The molecule has 4 aliphatic heterocycles. The van der Waals surface area contributed by atoms with Crippen molar-refractivity contribution in [2.24, 2.45) is 0 Å². The number of likely N-dealkylation sites (tertiary alicyclic amines) is 2. The molecule has 6 rings (SSSR count). The van der Waals surface area contributed by atoms with Gasteiger partial charge in [0.25, 0.3) is 0 Å². The number of nitrogens with zero attached hydrogens (tertiary/aromatic N) is 3. The average molecular weight is 717 g/mol. The first kappa shape index (κ1) is 36.0. The molecule has 4 heterocycles. The van der Waals surface area contributed by atoms with Gasteiger partial charge in [-0.05, 0) is 75.1 Å². The highest BCUT2D eigenvalue weighted by molar-refractivity contribution is 8.03. The van der Waals surface area contributed by atoms with Crippen LogP contribution in [-0.2, 0) is 28.6 Å². The summed E-state index contributed by atoms with van der Waals surface area (Å²) in [6, 6.07) is 16.6. The third-order valence-electron chi connectivity index (χ3n) is 9.28. The van der Waals surface area contributed by atoms with E-state index in [0.717, 1.165) is 11.1 Å². The Hall–Kier alpha value is -4.78. The molecule has 0 aromatic heterocycles. The van der Waals surface area contributed by atoms with Crippen LogP contribution in [0.1, 0.15) is 64.2 Å². The van der Waals surface area contributed by atoms with Gasteiger partial charge in [0.15, 0.2) is 12.1 Å². The van der Waals surface area contributed by atoms with E-state index in [9.17, 15) is 24.0 Å². The maximum Gasteiger partial charge on any atom is 0.409 e.